The molecule has 1 heterocycles. The van der Waals surface area contributed by atoms with Gasteiger partial charge in [-0.2, -0.15) is 0 Å². The van der Waals surface area contributed by atoms with Crippen LogP contribution in [0.25, 0.3) is 0 Å². The molecule has 0 aromatic rings. The van der Waals surface area contributed by atoms with Gasteiger partial charge in [0.15, 0.2) is 0 Å². The molecular formula is C8H16F2N2. The monoisotopic (exact) mass is 178 g/mol. The molecule has 1 aliphatic rings. The van der Waals surface area contributed by atoms with E-state index in [4.69, 9.17) is 5.73 Å². The predicted molar refractivity (Wildman–Crippen MR) is 44.3 cm³/mol. The highest BCUT2D eigenvalue weighted by Crippen LogP contribution is 2.16. The number of likely N-dealkylation sites (tertiary alicyclic amines) is 1. The highest BCUT2D eigenvalue weighted by atomic mass is 19.3. The molecule has 2 N–H and O–H groups in total. The lowest BCUT2D eigenvalue weighted by Crippen LogP contribution is -2.46. The lowest BCUT2D eigenvalue weighted by Gasteiger charge is -2.32. The summed E-state index contributed by atoms with van der Waals surface area (Å²) in [6.07, 6.45) is 1.91. The average molecular weight is 178 g/mol. The van der Waals surface area contributed by atoms with Gasteiger partial charge in [0, 0.05) is 19.5 Å². The van der Waals surface area contributed by atoms with E-state index < -0.39 is 5.92 Å². The highest BCUT2D eigenvalue weighted by molar-refractivity contribution is 4.77. The number of alkyl halides is 2. The topological polar surface area (TPSA) is 29.3 Å². The maximum Gasteiger partial charge on any atom is 0.257 e. The van der Waals surface area contributed by atoms with Crippen LogP contribution in [0.15, 0.2) is 0 Å². The number of hydrogen-bond acceptors (Lipinski definition) is 2. The molecule has 0 aromatic heterocycles. The van der Waals surface area contributed by atoms with E-state index in [1.165, 1.54) is 0 Å². The molecule has 0 aromatic carbocycles. The van der Waals surface area contributed by atoms with Gasteiger partial charge in [-0.3, -0.25) is 4.90 Å². The van der Waals surface area contributed by atoms with Crippen molar-refractivity contribution in [3.63, 3.8) is 0 Å². The van der Waals surface area contributed by atoms with Gasteiger partial charge in [-0.1, -0.05) is 0 Å². The zero-order chi connectivity index (χ0) is 9.19. The van der Waals surface area contributed by atoms with Crippen molar-refractivity contribution in [1.82, 2.24) is 4.90 Å². The van der Waals surface area contributed by atoms with Crippen molar-refractivity contribution in [2.24, 2.45) is 5.73 Å². The molecule has 0 aliphatic carbocycles. The number of halogens is 2. The van der Waals surface area contributed by atoms with Crippen LogP contribution in [-0.4, -0.2) is 36.5 Å². The Labute approximate surface area is 71.7 Å². The minimum atomic E-state index is -2.59. The lowest BCUT2D eigenvalue weighted by molar-refractivity contribution is -0.0202. The molecule has 0 radical (unpaired) electrons. The highest BCUT2D eigenvalue weighted by Gasteiger charge is 2.27. The zero-order valence-corrected chi connectivity index (χ0v) is 7.39. The fourth-order valence-electron chi connectivity index (χ4n) is 1.63. The molecule has 4 heteroatoms. The third-order valence-corrected chi connectivity index (χ3v) is 2.04. The summed E-state index contributed by atoms with van der Waals surface area (Å²) in [5, 5.41) is 0. The maximum absolute atomic E-state index is 12.6. The summed E-state index contributed by atoms with van der Waals surface area (Å²) >= 11 is 0. The van der Waals surface area contributed by atoms with Crippen LogP contribution in [0.4, 0.5) is 8.78 Å². The number of hydrogen-bond donors (Lipinski definition) is 1. The molecule has 1 saturated heterocycles. The standard InChI is InChI=1S/C8H16F2N2/c1-8(9,10)6-12-4-2-3-7(11)5-12/h7H,2-6,11H2,1H3. The molecule has 1 fully saturated rings. The second-order valence-electron chi connectivity index (χ2n) is 3.71. The van der Waals surface area contributed by atoms with E-state index in [1.54, 1.807) is 4.90 Å². The molecule has 0 saturated carbocycles. The molecule has 12 heavy (non-hydrogen) atoms. The third kappa shape index (κ3) is 3.45. The summed E-state index contributed by atoms with van der Waals surface area (Å²) in [6.45, 7) is 2.17. The molecule has 0 spiro atoms. The van der Waals surface area contributed by atoms with Crippen LogP contribution in [0, 0.1) is 0 Å². The Morgan fingerprint density at radius 2 is 2.25 bits per heavy atom. The van der Waals surface area contributed by atoms with Crippen molar-refractivity contribution in [3.05, 3.63) is 0 Å². The summed E-state index contributed by atoms with van der Waals surface area (Å²) in [6, 6.07) is 0.0844. The minimum Gasteiger partial charge on any atom is -0.327 e. The first kappa shape index (κ1) is 9.86. The molecule has 1 rings (SSSR count). The van der Waals surface area contributed by atoms with Crippen molar-refractivity contribution in [1.29, 1.82) is 0 Å². The van der Waals surface area contributed by atoms with Crippen molar-refractivity contribution < 1.29 is 8.78 Å². The quantitative estimate of drug-likeness (QED) is 0.685. The van der Waals surface area contributed by atoms with Gasteiger partial charge in [0.05, 0.1) is 6.54 Å². The molecule has 0 amide bonds. The van der Waals surface area contributed by atoms with Gasteiger partial charge in [0.2, 0.25) is 0 Å². The first-order valence-electron chi connectivity index (χ1n) is 4.33. The largest absolute Gasteiger partial charge is 0.327 e. The Morgan fingerprint density at radius 1 is 1.58 bits per heavy atom. The van der Waals surface area contributed by atoms with Crippen molar-refractivity contribution in [2.75, 3.05) is 19.6 Å². The summed E-state index contributed by atoms with van der Waals surface area (Å²) in [7, 11) is 0. The molecule has 1 unspecified atom stereocenters. The van der Waals surface area contributed by atoms with E-state index in [0.29, 0.717) is 6.54 Å². The maximum atomic E-state index is 12.6. The van der Waals surface area contributed by atoms with E-state index in [1.807, 2.05) is 0 Å². The van der Waals surface area contributed by atoms with Gasteiger partial charge in [-0.05, 0) is 19.4 Å². The van der Waals surface area contributed by atoms with Gasteiger partial charge in [0.25, 0.3) is 5.92 Å². The Hall–Kier alpha value is -0.220. The van der Waals surface area contributed by atoms with E-state index in [0.717, 1.165) is 26.3 Å². The normalized spacial score (nSPS) is 27.5. The van der Waals surface area contributed by atoms with Crippen LogP contribution in [0.3, 0.4) is 0 Å². The van der Waals surface area contributed by atoms with Crippen LogP contribution < -0.4 is 5.73 Å². The molecule has 1 atom stereocenters. The Balaban J connectivity index is 2.32. The van der Waals surface area contributed by atoms with Crippen LogP contribution >= 0.6 is 0 Å². The van der Waals surface area contributed by atoms with Crippen LogP contribution in [-0.2, 0) is 0 Å². The minimum absolute atomic E-state index is 0.0844. The number of nitrogens with two attached hydrogens (primary N) is 1. The van der Waals surface area contributed by atoms with Gasteiger partial charge in [-0.15, -0.1) is 0 Å². The third-order valence-electron chi connectivity index (χ3n) is 2.04. The number of piperidine rings is 1. The van der Waals surface area contributed by atoms with Gasteiger partial charge < -0.3 is 5.73 Å². The van der Waals surface area contributed by atoms with Crippen molar-refractivity contribution in [2.45, 2.75) is 31.7 Å². The van der Waals surface area contributed by atoms with E-state index >= 15 is 0 Å². The summed E-state index contributed by atoms with van der Waals surface area (Å²) in [5.74, 6) is -2.59. The fraction of sp³-hybridized carbons (Fsp3) is 1.00. The van der Waals surface area contributed by atoms with Crippen LogP contribution in [0.1, 0.15) is 19.8 Å². The second kappa shape index (κ2) is 3.66. The Morgan fingerprint density at radius 3 is 2.75 bits per heavy atom. The Kier molecular flexibility index (Phi) is 3.01. The van der Waals surface area contributed by atoms with E-state index in [-0.39, 0.29) is 12.6 Å². The van der Waals surface area contributed by atoms with Gasteiger partial charge >= 0.3 is 0 Å². The van der Waals surface area contributed by atoms with E-state index in [9.17, 15) is 8.78 Å². The summed E-state index contributed by atoms with van der Waals surface area (Å²) in [4.78, 5) is 1.74. The first-order valence-corrected chi connectivity index (χ1v) is 4.33. The predicted octanol–water partition coefficient (Wildman–Crippen LogP) is 1.06. The van der Waals surface area contributed by atoms with Gasteiger partial charge in [0.1, 0.15) is 0 Å². The fourth-order valence-corrected chi connectivity index (χ4v) is 1.63. The lowest BCUT2D eigenvalue weighted by atomic mass is 10.1. The van der Waals surface area contributed by atoms with Crippen molar-refractivity contribution in [3.8, 4) is 0 Å². The SMILES string of the molecule is CC(F)(F)CN1CCCC(N)C1. The Bertz CT molecular complexity index is 144. The smallest absolute Gasteiger partial charge is 0.257 e. The zero-order valence-electron chi connectivity index (χ0n) is 7.39. The molecular weight excluding hydrogens is 162 g/mol. The van der Waals surface area contributed by atoms with Gasteiger partial charge in [-0.25, -0.2) is 8.78 Å². The molecule has 0 bridgehead atoms. The molecule has 1 aliphatic heterocycles. The average Bonchev–Trinajstić information content (AvgIpc) is 1.82. The molecule has 2 nitrogen and oxygen atoms in total. The van der Waals surface area contributed by atoms with E-state index in [2.05, 4.69) is 0 Å². The first-order chi connectivity index (χ1) is 5.47. The molecule has 72 valence electrons. The van der Waals surface area contributed by atoms with Crippen molar-refractivity contribution >= 4 is 0 Å². The van der Waals surface area contributed by atoms with Crippen LogP contribution in [0.2, 0.25) is 0 Å². The number of rotatable bonds is 2. The summed E-state index contributed by atoms with van der Waals surface area (Å²) in [5.41, 5.74) is 5.66. The van der Waals surface area contributed by atoms with Crippen LogP contribution in [0.5, 0.6) is 0 Å². The second-order valence-corrected chi connectivity index (χ2v) is 3.71. The summed E-state index contributed by atoms with van der Waals surface area (Å²) < 4.78 is 25.1. The number of nitrogens with zero attached hydrogens (tertiary/aromatic N) is 1.